The highest BCUT2D eigenvalue weighted by molar-refractivity contribution is 7.92. The van der Waals surface area contributed by atoms with Gasteiger partial charge in [-0.15, -0.1) is 0 Å². The molecule has 1 heterocycles. The summed E-state index contributed by atoms with van der Waals surface area (Å²) in [5.74, 6) is -0.0817. The van der Waals surface area contributed by atoms with E-state index in [4.69, 9.17) is 0 Å². The van der Waals surface area contributed by atoms with Crippen molar-refractivity contribution in [3.63, 3.8) is 0 Å². The van der Waals surface area contributed by atoms with Crippen LogP contribution in [0.4, 0.5) is 17.1 Å². The molecule has 0 bridgehead atoms. The monoisotopic (exact) mass is 505 g/mol. The number of hydrogen-bond donors (Lipinski definition) is 1. The van der Waals surface area contributed by atoms with Gasteiger partial charge in [-0.2, -0.15) is 0 Å². The third-order valence-corrected chi connectivity index (χ3v) is 8.40. The molecule has 190 valence electrons. The van der Waals surface area contributed by atoms with Crippen molar-refractivity contribution >= 4 is 33.0 Å². The number of sulfonamides is 1. The van der Waals surface area contributed by atoms with Crippen molar-refractivity contribution in [2.24, 2.45) is 0 Å². The fraction of sp³-hybridized carbons (Fsp3) is 0.345. The average Bonchev–Trinajstić information content (AvgIpc) is 2.88. The van der Waals surface area contributed by atoms with Crippen LogP contribution in [0.25, 0.3) is 0 Å². The van der Waals surface area contributed by atoms with E-state index >= 15 is 0 Å². The van der Waals surface area contributed by atoms with Gasteiger partial charge in [0.1, 0.15) is 6.54 Å². The number of carbonyl (C=O) groups is 1. The van der Waals surface area contributed by atoms with Crippen LogP contribution >= 0.6 is 0 Å². The Balaban J connectivity index is 1.55. The lowest BCUT2D eigenvalue weighted by atomic mass is 10.0. The largest absolute Gasteiger partial charge is 0.372 e. The van der Waals surface area contributed by atoms with Crippen molar-refractivity contribution < 1.29 is 13.2 Å². The van der Waals surface area contributed by atoms with E-state index in [2.05, 4.69) is 24.1 Å². The van der Waals surface area contributed by atoms with Crippen LogP contribution in [-0.4, -0.2) is 34.0 Å². The van der Waals surface area contributed by atoms with Gasteiger partial charge in [-0.25, -0.2) is 8.42 Å². The van der Waals surface area contributed by atoms with E-state index in [1.165, 1.54) is 23.6 Å². The Labute approximate surface area is 215 Å². The first-order chi connectivity index (χ1) is 17.2. The SMILES string of the molecule is Cc1ccc(S(=O)(=O)N(CC(=O)Nc2ccc(N3CCCCC3)cc2)c2ccc(C(C)C)cc2)cc1. The molecular formula is C29H35N3O3S. The maximum Gasteiger partial charge on any atom is 0.264 e. The minimum absolute atomic E-state index is 0.153. The minimum atomic E-state index is -3.95. The van der Waals surface area contributed by atoms with Gasteiger partial charge in [-0.3, -0.25) is 9.10 Å². The average molecular weight is 506 g/mol. The molecule has 1 aliphatic rings. The second-order valence-electron chi connectivity index (χ2n) is 9.71. The van der Waals surface area contributed by atoms with E-state index in [0.29, 0.717) is 17.3 Å². The Kier molecular flexibility index (Phi) is 7.99. The summed E-state index contributed by atoms with van der Waals surface area (Å²) in [5.41, 5.74) is 4.30. The van der Waals surface area contributed by atoms with Crippen molar-refractivity contribution in [1.82, 2.24) is 0 Å². The molecule has 0 aliphatic carbocycles. The van der Waals surface area contributed by atoms with Gasteiger partial charge in [0.05, 0.1) is 10.6 Å². The Morgan fingerprint density at radius 3 is 2.08 bits per heavy atom. The minimum Gasteiger partial charge on any atom is -0.372 e. The van der Waals surface area contributed by atoms with Crippen molar-refractivity contribution in [2.75, 3.05) is 34.2 Å². The molecule has 3 aromatic carbocycles. The molecule has 1 amide bonds. The summed E-state index contributed by atoms with van der Waals surface area (Å²) in [6.45, 7) is 7.84. The molecule has 0 atom stereocenters. The van der Waals surface area contributed by atoms with E-state index < -0.39 is 15.9 Å². The lowest BCUT2D eigenvalue weighted by molar-refractivity contribution is -0.114. The van der Waals surface area contributed by atoms with Gasteiger partial charge in [0.2, 0.25) is 5.91 Å². The van der Waals surface area contributed by atoms with Gasteiger partial charge in [0, 0.05) is 24.5 Å². The van der Waals surface area contributed by atoms with Crippen LogP contribution in [0.2, 0.25) is 0 Å². The molecule has 1 saturated heterocycles. The predicted octanol–water partition coefficient (Wildman–Crippen LogP) is 5.94. The maximum absolute atomic E-state index is 13.6. The van der Waals surface area contributed by atoms with Gasteiger partial charge in [-0.1, -0.05) is 43.7 Å². The first-order valence-corrected chi connectivity index (χ1v) is 14.0. The highest BCUT2D eigenvalue weighted by Crippen LogP contribution is 2.27. The van der Waals surface area contributed by atoms with Gasteiger partial charge < -0.3 is 10.2 Å². The standard InChI is InChI=1S/C29H35N3O3S/c1-22(2)24-9-13-27(14-10-24)32(36(34,35)28-17-7-23(3)8-18-28)21-29(33)30-25-11-15-26(16-12-25)31-19-5-4-6-20-31/h7-18,22H,4-6,19-21H2,1-3H3,(H,30,33). The van der Waals surface area contributed by atoms with E-state index in [0.717, 1.165) is 29.9 Å². The summed E-state index contributed by atoms with van der Waals surface area (Å²) in [6, 6.07) is 21.8. The molecule has 0 saturated carbocycles. The molecule has 1 fully saturated rings. The zero-order valence-corrected chi connectivity index (χ0v) is 22.1. The van der Waals surface area contributed by atoms with Crippen molar-refractivity contribution in [3.05, 3.63) is 83.9 Å². The number of amides is 1. The number of anilines is 3. The summed E-state index contributed by atoms with van der Waals surface area (Å²) < 4.78 is 28.4. The molecule has 0 unspecified atom stereocenters. The van der Waals surface area contributed by atoms with Crippen molar-refractivity contribution in [1.29, 1.82) is 0 Å². The Morgan fingerprint density at radius 2 is 1.50 bits per heavy atom. The lowest BCUT2D eigenvalue weighted by Gasteiger charge is -2.29. The summed E-state index contributed by atoms with van der Waals surface area (Å²) in [6.07, 6.45) is 3.66. The molecule has 0 radical (unpaired) electrons. The molecule has 6 nitrogen and oxygen atoms in total. The third-order valence-electron chi connectivity index (χ3n) is 6.62. The number of aryl methyl sites for hydroxylation is 1. The van der Waals surface area contributed by atoms with Crippen LogP contribution in [0, 0.1) is 6.92 Å². The van der Waals surface area contributed by atoms with E-state index in [-0.39, 0.29) is 11.4 Å². The van der Waals surface area contributed by atoms with Gasteiger partial charge >= 0.3 is 0 Å². The molecule has 0 aromatic heterocycles. The quantitative estimate of drug-likeness (QED) is 0.411. The topological polar surface area (TPSA) is 69.7 Å². The third kappa shape index (κ3) is 6.08. The summed E-state index contributed by atoms with van der Waals surface area (Å²) in [7, 11) is -3.95. The molecule has 3 aromatic rings. The number of piperidine rings is 1. The summed E-state index contributed by atoms with van der Waals surface area (Å²) in [4.78, 5) is 15.6. The van der Waals surface area contributed by atoms with Gasteiger partial charge in [-0.05, 0) is 86.2 Å². The normalized spacial score (nSPS) is 14.1. The van der Waals surface area contributed by atoms with Crippen LogP contribution < -0.4 is 14.5 Å². The Bertz CT molecular complexity index is 1260. The molecule has 1 aliphatic heterocycles. The smallest absolute Gasteiger partial charge is 0.264 e. The highest BCUT2D eigenvalue weighted by Gasteiger charge is 2.27. The van der Waals surface area contributed by atoms with Crippen LogP contribution in [-0.2, 0) is 14.8 Å². The number of rotatable bonds is 8. The zero-order chi connectivity index (χ0) is 25.7. The van der Waals surface area contributed by atoms with Crippen LogP contribution in [0.5, 0.6) is 0 Å². The van der Waals surface area contributed by atoms with Crippen LogP contribution in [0.15, 0.2) is 77.7 Å². The number of benzene rings is 3. The predicted molar refractivity (Wildman–Crippen MR) is 147 cm³/mol. The summed E-state index contributed by atoms with van der Waals surface area (Å²) >= 11 is 0. The fourth-order valence-corrected chi connectivity index (χ4v) is 5.84. The van der Waals surface area contributed by atoms with Crippen LogP contribution in [0.3, 0.4) is 0 Å². The molecule has 36 heavy (non-hydrogen) atoms. The Morgan fingerprint density at radius 1 is 0.889 bits per heavy atom. The maximum atomic E-state index is 13.6. The second kappa shape index (κ2) is 11.2. The molecule has 4 rings (SSSR count). The van der Waals surface area contributed by atoms with Gasteiger partial charge in [0.25, 0.3) is 10.0 Å². The number of hydrogen-bond acceptors (Lipinski definition) is 4. The Hall–Kier alpha value is -3.32. The van der Waals surface area contributed by atoms with E-state index in [1.807, 2.05) is 43.3 Å². The second-order valence-corrected chi connectivity index (χ2v) is 11.6. The summed E-state index contributed by atoms with van der Waals surface area (Å²) in [5, 5.41) is 2.87. The van der Waals surface area contributed by atoms with Crippen molar-refractivity contribution in [3.8, 4) is 0 Å². The van der Waals surface area contributed by atoms with E-state index in [9.17, 15) is 13.2 Å². The van der Waals surface area contributed by atoms with Crippen LogP contribution in [0.1, 0.15) is 50.2 Å². The highest BCUT2D eigenvalue weighted by atomic mass is 32.2. The van der Waals surface area contributed by atoms with E-state index in [1.54, 1.807) is 36.4 Å². The number of nitrogens with zero attached hydrogens (tertiary/aromatic N) is 2. The van der Waals surface area contributed by atoms with Crippen molar-refractivity contribution in [2.45, 2.75) is 50.8 Å². The van der Waals surface area contributed by atoms with Gasteiger partial charge in [0.15, 0.2) is 0 Å². The number of nitrogens with one attached hydrogen (secondary N) is 1. The molecule has 7 heteroatoms. The number of carbonyl (C=O) groups excluding carboxylic acids is 1. The lowest BCUT2D eigenvalue weighted by Crippen LogP contribution is -2.38. The molecular weight excluding hydrogens is 470 g/mol. The zero-order valence-electron chi connectivity index (χ0n) is 21.3. The first kappa shape index (κ1) is 25.8. The molecule has 0 spiro atoms. The first-order valence-electron chi connectivity index (χ1n) is 12.6. The molecule has 1 N–H and O–H groups in total. The fourth-order valence-electron chi connectivity index (χ4n) is 4.42.